The van der Waals surface area contributed by atoms with Gasteiger partial charge in [-0.3, -0.25) is 4.40 Å². The molecule has 0 fully saturated rings. The molecule has 3 aromatic rings. The fourth-order valence-corrected chi connectivity index (χ4v) is 2.14. The molecule has 0 atom stereocenters. The van der Waals surface area contributed by atoms with Crippen LogP contribution in [0.1, 0.15) is 16.1 Å². The first-order valence-electron chi connectivity index (χ1n) is 6.34. The second kappa shape index (κ2) is 5.24. The average molecular weight is 285 g/mol. The number of anilines is 1. The second-order valence-electron chi connectivity index (χ2n) is 4.49. The molecule has 2 aromatic heterocycles. The van der Waals surface area contributed by atoms with Crippen molar-refractivity contribution in [3.63, 3.8) is 0 Å². The highest BCUT2D eigenvalue weighted by Gasteiger charge is 2.18. The van der Waals surface area contributed by atoms with E-state index >= 15 is 0 Å². The standard InChI is InChI=1S/C15H12FN3O2/c16-11-6-2-1-5-10(11)9-17-14-13(15(20)21)19-8-4-3-7-12(19)18-14/h1-8,17H,9H2,(H,20,21). The molecule has 106 valence electrons. The van der Waals surface area contributed by atoms with Crippen molar-refractivity contribution in [2.45, 2.75) is 6.54 Å². The topological polar surface area (TPSA) is 66.6 Å². The van der Waals surface area contributed by atoms with E-state index in [0.29, 0.717) is 11.2 Å². The molecule has 0 bridgehead atoms. The summed E-state index contributed by atoms with van der Waals surface area (Å²) in [5.41, 5.74) is 0.999. The summed E-state index contributed by atoms with van der Waals surface area (Å²) in [6, 6.07) is 11.5. The number of benzene rings is 1. The highest BCUT2D eigenvalue weighted by Crippen LogP contribution is 2.19. The third kappa shape index (κ3) is 2.43. The lowest BCUT2D eigenvalue weighted by molar-refractivity contribution is 0.0690. The second-order valence-corrected chi connectivity index (χ2v) is 4.49. The Morgan fingerprint density at radius 2 is 2.00 bits per heavy atom. The van der Waals surface area contributed by atoms with Crippen molar-refractivity contribution in [2.75, 3.05) is 5.32 Å². The van der Waals surface area contributed by atoms with Gasteiger partial charge in [-0.1, -0.05) is 24.3 Å². The summed E-state index contributed by atoms with van der Waals surface area (Å²) in [5, 5.41) is 12.2. The Kier molecular flexibility index (Phi) is 3.27. The third-order valence-corrected chi connectivity index (χ3v) is 3.14. The lowest BCUT2D eigenvalue weighted by Gasteiger charge is -2.05. The fourth-order valence-electron chi connectivity index (χ4n) is 2.14. The first kappa shape index (κ1) is 13.1. The summed E-state index contributed by atoms with van der Waals surface area (Å²) >= 11 is 0. The Labute approximate surface area is 119 Å². The maximum absolute atomic E-state index is 13.6. The average Bonchev–Trinajstić information content (AvgIpc) is 2.85. The SMILES string of the molecule is O=C(O)c1c(NCc2ccccc2F)nc2ccccn12. The van der Waals surface area contributed by atoms with Crippen LogP contribution in [0.15, 0.2) is 48.7 Å². The van der Waals surface area contributed by atoms with Gasteiger partial charge in [-0.05, 0) is 18.2 Å². The molecule has 6 heteroatoms. The molecule has 0 aliphatic heterocycles. The van der Waals surface area contributed by atoms with E-state index in [9.17, 15) is 14.3 Å². The van der Waals surface area contributed by atoms with E-state index in [4.69, 9.17) is 0 Å². The van der Waals surface area contributed by atoms with Gasteiger partial charge in [0.1, 0.15) is 11.5 Å². The number of rotatable bonds is 4. The molecule has 1 aromatic carbocycles. The van der Waals surface area contributed by atoms with Crippen LogP contribution in [-0.4, -0.2) is 20.5 Å². The minimum Gasteiger partial charge on any atom is -0.476 e. The number of imidazole rings is 1. The molecule has 0 saturated carbocycles. The summed E-state index contributed by atoms with van der Waals surface area (Å²) in [4.78, 5) is 15.6. The molecule has 0 saturated heterocycles. The Morgan fingerprint density at radius 3 is 2.76 bits per heavy atom. The minimum atomic E-state index is -1.09. The number of carboxylic acid groups (broad SMARTS) is 1. The van der Waals surface area contributed by atoms with Gasteiger partial charge < -0.3 is 10.4 Å². The van der Waals surface area contributed by atoms with Gasteiger partial charge in [0, 0.05) is 18.3 Å². The summed E-state index contributed by atoms with van der Waals surface area (Å²) < 4.78 is 15.1. The lowest BCUT2D eigenvalue weighted by Crippen LogP contribution is -2.08. The first-order chi connectivity index (χ1) is 10.2. The molecule has 0 unspecified atom stereocenters. The molecule has 21 heavy (non-hydrogen) atoms. The van der Waals surface area contributed by atoms with E-state index < -0.39 is 5.97 Å². The van der Waals surface area contributed by atoms with Gasteiger partial charge in [-0.2, -0.15) is 0 Å². The van der Waals surface area contributed by atoms with Gasteiger partial charge >= 0.3 is 5.97 Å². The molecule has 2 heterocycles. The summed E-state index contributed by atoms with van der Waals surface area (Å²) in [7, 11) is 0. The van der Waals surface area contributed by atoms with Crippen LogP contribution in [0.5, 0.6) is 0 Å². The number of aromatic carboxylic acids is 1. The van der Waals surface area contributed by atoms with E-state index in [-0.39, 0.29) is 23.9 Å². The zero-order chi connectivity index (χ0) is 14.8. The highest BCUT2D eigenvalue weighted by atomic mass is 19.1. The Morgan fingerprint density at radius 1 is 1.24 bits per heavy atom. The molecule has 0 spiro atoms. The Hall–Kier alpha value is -2.89. The van der Waals surface area contributed by atoms with E-state index in [1.165, 1.54) is 10.5 Å². The number of carbonyl (C=O) groups is 1. The Balaban J connectivity index is 1.95. The van der Waals surface area contributed by atoms with Crippen molar-refractivity contribution in [3.8, 4) is 0 Å². The number of halogens is 1. The van der Waals surface area contributed by atoms with Crippen LogP contribution in [0.4, 0.5) is 10.2 Å². The smallest absolute Gasteiger partial charge is 0.356 e. The predicted octanol–water partition coefficient (Wildman–Crippen LogP) is 2.78. The molecule has 0 aliphatic rings. The van der Waals surface area contributed by atoms with Crippen molar-refractivity contribution in [3.05, 3.63) is 65.7 Å². The number of hydrogen-bond donors (Lipinski definition) is 2. The Bertz CT molecular complexity index is 814. The first-order valence-corrected chi connectivity index (χ1v) is 6.34. The van der Waals surface area contributed by atoms with Gasteiger partial charge in [0.05, 0.1) is 0 Å². The summed E-state index contributed by atoms with van der Waals surface area (Å²) in [6.07, 6.45) is 1.63. The molecule has 5 nitrogen and oxygen atoms in total. The van der Waals surface area contributed by atoms with Gasteiger partial charge in [0.25, 0.3) is 0 Å². The van der Waals surface area contributed by atoms with Crippen molar-refractivity contribution >= 4 is 17.4 Å². The van der Waals surface area contributed by atoms with Crippen LogP contribution in [-0.2, 0) is 6.54 Å². The van der Waals surface area contributed by atoms with Crippen molar-refractivity contribution in [1.29, 1.82) is 0 Å². The zero-order valence-corrected chi connectivity index (χ0v) is 11.0. The number of aromatic nitrogens is 2. The summed E-state index contributed by atoms with van der Waals surface area (Å²) in [6.45, 7) is 0.164. The third-order valence-electron chi connectivity index (χ3n) is 3.14. The largest absolute Gasteiger partial charge is 0.476 e. The highest BCUT2D eigenvalue weighted by molar-refractivity contribution is 5.92. The van der Waals surface area contributed by atoms with Crippen molar-refractivity contribution in [2.24, 2.45) is 0 Å². The van der Waals surface area contributed by atoms with Gasteiger partial charge in [-0.25, -0.2) is 14.2 Å². The van der Waals surface area contributed by atoms with Crippen LogP contribution in [0.2, 0.25) is 0 Å². The van der Waals surface area contributed by atoms with Crippen molar-refractivity contribution in [1.82, 2.24) is 9.38 Å². The fraction of sp³-hybridized carbons (Fsp3) is 0.0667. The van der Waals surface area contributed by atoms with Crippen molar-refractivity contribution < 1.29 is 14.3 Å². The number of pyridine rings is 1. The van der Waals surface area contributed by atoms with Gasteiger partial charge in [0.15, 0.2) is 11.5 Å². The van der Waals surface area contributed by atoms with Crippen LogP contribution in [0.25, 0.3) is 5.65 Å². The monoisotopic (exact) mass is 285 g/mol. The zero-order valence-electron chi connectivity index (χ0n) is 11.0. The van der Waals surface area contributed by atoms with Crippen LogP contribution >= 0.6 is 0 Å². The quantitative estimate of drug-likeness (QED) is 0.773. The number of nitrogens with zero attached hydrogens (tertiary/aromatic N) is 2. The number of fused-ring (bicyclic) bond motifs is 1. The molecule has 0 radical (unpaired) electrons. The minimum absolute atomic E-state index is 0.0296. The molecule has 0 aliphatic carbocycles. The molecule has 0 amide bonds. The van der Waals surface area contributed by atoms with E-state index in [1.54, 1.807) is 42.6 Å². The normalized spacial score (nSPS) is 10.7. The number of hydrogen-bond acceptors (Lipinski definition) is 3. The van der Waals surface area contributed by atoms with Crippen LogP contribution in [0, 0.1) is 5.82 Å². The van der Waals surface area contributed by atoms with Gasteiger partial charge in [0.2, 0.25) is 0 Å². The number of carboxylic acids is 1. The number of nitrogens with one attached hydrogen (secondary N) is 1. The molecular weight excluding hydrogens is 273 g/mol. The van der Waals surface area contributed by atoms with E-state index in [1.807, 2.05) is 0 Å². The maximum atomic E-state index is 13.6. The van der Waals surface area contributed by atoms with E-state index in [0.717, 1.165) is 0 Å². The molecule has 3 rings (SSSR count). The maximum Gasteiger partial charge on any atom is 0.356 e. The molecular formula is C15H12FN3O2. The predicted molar refractivity (Wildman–Crippen MR) is 75.9 cm³/mol. The summed E-state index contributed by atoms with van der Waals surface area (Å²) in [5.74, 6) is -1.22. The van der Waals surface area contributed by atoms with Gasteiger partial charge in [-0.15, -0.1) is 0 Å². The molecule has 2 N–H and O–H groups in total. The van der Waals surface area contributed by atoms with Crippen LogP contribution in [0.3, 0.4) is 0 Å². The lowest BCUT2D eigenvalue weighted by atomic mass is 10.2. The van der Waals surface area contributed by atoms with E-state index in [2.05, 4.69) is 10.3 Å². The van der Waals surface area contributed by atoms with Crippen LogP contribution < -0.4 is 5.32 Å².